The van der Waals surface area contributed by atoms with Gasteiger partial charge in [-0.3, -0.25) is 9.52 Å². The molecule has 0 aromatic heterocycles. The topological polar surface area (TPSA) is 111 Å². The SMILES string of the molecule is COC(=O)c1cc(CNC(=O)C2CCOC(C)(C)C2)cc(NS(=O)(=O)c2ccccc2Cl)c1. The van der Waals surface area contributed by atoms with Gasteiger partial charge < -0.3 is 14.8 Å². The van der Waals surface area contributed by atoms with Crippen molar-refractivity contribution in [2.75, 3.05) is 18.4 Å². The van der Waals surface area contributed by atoms with Crippen LogP contribution in [0.5, 0.6) is 0 Å². The second kappa shape index (κ2) is 10.1. The monoisotopic (exact) mass is 494 g/mol. The number of methoxy groups -OCH3 is 1. The fraction of sp³-hybridized carbons (Fsp3) is 0.391. The van der Waals surface area contributed by atoms with Crippen LogP contribution in [0.1, 0.15) is 42.6 Å². The maximum atomic E-state index is 12.8. The number of carbonyl (C=O) groups is 2. The summed E-state index contributed by atoms with van der Waals surface area (Å²) in [5, 5.41) is 2.95. The van der Waals surface area contributed by atoms with Crippen molar-refractivity contribution in [2.24, 2.45) is 5.92 Å². The van der Waals surface area contributed by atoms with Gasteiger partial charge in [0, 0.05) is 19.1 Å². The van der Waals surface area contributed by atoms with Gasteiger partial charge in [0.2, 0.25) is 5.91 Å². The van der Waals surface area contributed by atoms with Gasteiger partial charge in [0.15, 0.2) is 0 Å². The van der Waals surface area contributed by atoms with Crippen LogP contribution < -0.4 is 10.0 Å². The number of benzene rings is 2. The molecule has 1 amide bonds. The number of sulfonamides is 1. The minimum Gasteiger partial charge on any atom is -0.465 e. The highest BCUT2D eigenvalue weighted by Gasteiger charge is 2.32. The molecule has 10 heteroatoms. The van der Waals surface area contributed by atoms with Crippen LogP contribution in [-0.2, 0) is 30.8 Å². The summed E-state index contributed by atoms with van der Waals surface area (Å²) in [5.74, 6) is -0.934. The van der Waals surface area contributed by atoms with E-state index in [-0.39, 0.29) is 45.1 Å². The van der Waals surface area contributed by atoms with Gasteiger partial charge in [0.25, 0.3) is 10.0 Å². The van der Waals surface area contributed by atoms with Gasteiger partial charge in [0.05, 0.1) is 29.0 Å². The predicted molar refractivity (Wildman–Crippen MR) is 125 cm³/mol. The quantitative estimate of drug-likeness (QED) is 0.567. The van der Waals surface area contributed by atoms with Crippen molar-refractivity contribution in [3.63, 3.8) is 0 Å². The molecule has 8 nitrogen and oxygen atoms in total. The molecule has 3 rings (SSSR count). The van der Waals surface area contributed by atoms with Crippen LogP contribution in [0.25, 0.3) is 0 Å². The van der Waals surface area contributed by atoms with Gasteiger partial charge in [-0.25, -0.2) is 13.2 Å². The fourth-order valence-corrected chi connectivity index (χ4v) is 5.31. The molecular formula is C23H27ClN2O6S. The van der Waals surface area contributed by atoms with Crippen molar-refractivity contribution in [2.45, 2.75) is 43.7 Å². The van der Waals surface area contributed by atoms with Gasteiger partial charge >= 0.3 is 5.97 Å². The summed E-state index contributed by atoms with van der Waals surface area (Å²) in [6, 6.07) is 10.5. The zero-order valence-electron chi connectivity index (χ0n) is 18.7. The molecule has 2 N–H and O–H groups in total. The van der Waals surface area contributed by atoms with Crippen molar-refractivity contribution >= 4 is 39.2 Å². The number of hydrogen-bond donors (Lipinski definition) is 2. The van der Waals surface area contributed by atoms with E-state index in [1.54, 1.807) is 24.3 Å². The van der Waals surface area contributed by atoms with Crippen LogP contribution in [0.3, 0.4) is 0 Å². The Balaban J connectivity index is 1.81. The van der Waals surface area contributed by atoms with Crippen molar-refractivity contribution in [1.29, 1.82) is 0 Å². The summed E-state index contributed by atoms with van der Waals surface area (Å²) >= 11 is 6.04. The first-order chi connectivity index (χ1) is 15.5. The van der Waals surface area contributed by atoms with Crippen LogP contribution in [0, 0.1) is 5.92 Å². The molecule has 178 valence electrons. The number of amides is 1. The van der Waals surface area contributed by atoms with E-state index in [1.807, 2.05) is 13.8 Å². The molecule has 2 aromatic carbocycles. The molecule has 1 aliphatic rings. The standard InChI is InChI=1S/C23H27ClN2O6S/c1-23(2)13-16(8-9-32-23)21(27)25-14-15-10-17(22(28)31-3)12-18(11-15)26-33(29,30)20-7-5-4-6-19(20)24/h4-7,10-12,16,26H,8-9,13-14H2,1-3H3,(H,25,27). The number of halogens is 1. The van der Waals surface area contributed by atoms with Gasteiger partial charge in [0.1, 0.15) is 4.90 Å². The first kappa shape index (κ1) is 25.0. The summed E-state index contributed by atoms with van der Waals surface area (Å²) in [4.78, 5) is 24.7. The lowest BCUT2D eigenvalue weighted by Gasteiger charge is -2.34. The molecule has 0 bridgehead atoms. The predicted octanol–water partition coefficient (Wildman–Crippen LogP) is 3.75. The largest absolute Gasteiger partial charge is 0.465 e. The van der Waals surface area contributed by atoms with E-state index in [2.05, 4.69) is 10.0 Å². The van der Waals surface area contributed by atoms with Gasteiger partial charge in [-0.1, -0.05) is 23.7 Å². The second-order valence-electron chi connectivity index (χ2n) is 8.46. The molecule has 33 heavy (non-hydrogen) atoms. The third kappa shape index (κ3) is 6.46. The highest BCUT2D eigenvalue weighted by Crippen LogP contribution is 2.29. The Morgan fingerprint density at radius 1 is 1.21 bits per heavy atom. The minimum atomic E-state index is -4.01. The lowest BCUT2D eigenvalue weighted by atomic mass is 9.88. The first-order valence-corrected chi connectivity index (χ1v) is 12.3. The third-order valence-electron chi connectivity index (χ3n) is 5.33. The van der Waals surface area contributed by atoms with Crippen molar-refractivity contribution in [3.8, 4) is 0 Å². The second-order valence-corrected chi connectivity index (χ2v) is 10.5. The summed E-state index contributed by atoms with van der Waals surface area (Å²) in [6.45, 7) is 4.52. The van der Waals surface area contributed by atoms with E-state index in [9.17, 15) is 18.0 Å². The number of ether oxygens (including phenoxy) is 2. The Kier molecular flexibility index (Phi) is 7.66. The summed E-state index contributed by atoms with van der Waals surface area (Å²) in [7, 11) is -2.77. The zero-order chi connectivity index (χ0) is 24.2. The highest BCUT2D eigenvalue weighted by molar-refractivity contribution is 7.92. The van der Waals surface area contributed by atoms with Crippen molar-refractivity contribution in [1.82, 2.24) is 5.32 Å². The molecule has 1 unspecified atom stereocenters. The third-order valence-corrected chi connectivity index (χ3v) is 7.21. The summed E-state index contributed by atoms with van der Waals surface area (Å²) in [5.41, 5.74) is 0.465. The van der Waals surface area contributed by atoms with E-state index < -0.39 is 16.0 Å². The maximum Gasteiger partial charge on any atom is 0.337 e. The summed E-state index contributed by atoms with van der Waals surface area (Å²) < 4.78 is 38.5. The molecule has 1 fully saturated rings. The Morgan fingerprint density at radius 3 is 2.61 bits per heavy atom. The smallest absolute Gasteiger partial charge is 0.337 e. The van der Waals surface area contributed by atoms with Crippen LogP contribution >= 0.6 is 11.6 Å². The molecule has 1 saturated heterocycles. The van der Waals surface area contributed by atoms with E-state index in [1.165, 1.54) is 25.3 Å². The number of anilines is 1. The molecule has 0 saturated carbocycles. The van der Waals surface area contributed by atoms with Crippen LogP contribution in [0.4, 0.5) is 5.69 Å². The first-order valence-electron chi connectivity index (χ1n) is 10.4. The molecule has 1 atom stereocenters. The van der Waals surface area contributed by atoms with Gasteiger partial charge in [-0.2, -0.15) is 0 Å². The number of hydrogen-bond acceptors (Lipinski definition) is 6. The number of rotatable bonds is 7. The number of esters is 1. The Hall–Kier alpha value is -2.62. The van der Waals surface area contributed by atoms with Crippen LogP contribution in [0.2, 0.25) is 5.02 Å². The van der Waals surface area contributed by atoms with Crippen LogP contribution in [0.15, 0.2) is 47.4 Å². The van der Waals surface area contributed by atoms with Crippen molar-refractivity contribution in [3.05, 3.63) is 58.6 Å². The van der Waals surface area contributed by atoms with E-state index in [0.717, 1.165) is 0 Å². The van der Waals surface area contributed by atoms with Crippen molar-refractivity contribution < 1.29 is 27.5 Å². The minimum absolute atomic E-state index is 0.0704. The molecule has 2 aromatic rings. The van der Waals surface area contributed by atoms with E-state index >= 15 is 0 Å². The Labute approximate surface area is 198 Å². The van der Waals surface area contributed by atoms with E-state index in [0.29, 0.717) is 25.0 Å². The molecule has 1 heterocycles. The zero-order valence-corrected chi connectivity index (χ0v) is 20.3. The van der Waals surface area contributed by atoms with Gasteiger partial charge in [-0.15, -0.1) is 0 Å². The lowest BCUT2D eigenvalue weighted by molar-refractivity contribution is -0.135. The molecule has 0 radical (unpaired) electrons. The maximum absolute atomic E-state index is 12.8. The fourth-order valence-electron chi connectivity index (χ4n) is 3.75. The Morgan fingerprint density at radius 2 is 1.94 bits per heavy atom. The van der Waals surface area contributed by atoms with Crippen LogP contribution in [-0.4, -0.2) is 39.6 Å². The molecule has 0 aliphatic carbocycles. The summed E-state index contributed by atoms with van der Waals surface area (Å²) in [6.07, 6.45) is 1.23. The lowest BCUT2D eigenvalue weighted by Crippen LogP contribution is -2.41. The van der Waals surface area contributed by atoms with E-state index in [4.69, 9.17) is 21.1 Å². The molecule has 1 aliphatic heterocycles. The Bertz CT molecular complexity index is 1150. The average molecular weight is 495 g/mol. The number of carbonyl (C=O) groups excluding carboxylic acids is 2. The molecular weight excluding hydrogens is 468 g/mol. The van der Waals surface area contributed by atoms with Gasteiger partial charge in [-0.05, 0) is 62.6 Å². The normalized spacial score (nSPS) is 17.8. The average Bonchev–Trinajstić information content (AvgIpc) is 2.75. The molecule has 0 spiro atoms. The highest BCUT2D eigenvalue weighted by atomic mass is 35.5. The number of nitrogens with one attached hydrogen (secondary N) is 2.